The summed E-state index contributed by atoms with van der Waals surface area (Å²) in [5.74, 6) is -0.308. The van der Waals surface area contributed by atoms with Crippen LogP contribution in [0.25, 0.3) is 0 Å². The second-order valence-corrected chi connectivity index (χ2v) is 5.61. The molecule has 3 heteroatoms. The highest BCUT2D eigenvalue weighted by molar-refractivity contribution is 5.81. The highest BCUT2D eigenvalue weighted by Crippen LogP contribution is 2.12. The molecule has 0 fully saturated rings. The van der Waals surface area contributed by atoms with Crippen molar-refractivity contribution in [3.63, 3.8) is 0 Å². The topological polar surface area (TPSA) is 35.5 Å². The van der Waals surface area contributed by atoms with Crippen LogP contribution in [0.4, 0.5) is 0 Å². The Morgan fingerprint density at radius 2 is 1.14 bits per heavy atom. The number of rotatable bonds is 16. The molecule has 0 unspecified atom stereocenters. The van der Waals surface area contributed by atoms with Gasteiger partial charge in [-0.05, 0) is 12.8 Å². The number of hydrogen-bond donors (Lipinski definition) is 0. The van der Waals surface area contributed by atoms with Crippen LogP contribution in [0.2, 0.25) is 0 Å². The van der Waals surface area contributed by atoms with Gasteiger partial charge in [-0.2, -0.15) is 0 Å². The summed E-state index contributed by atoms with van der Waals surface area (Å²) in [7, 11) is 1.77. The average Bonchev–Trinajstić information content (AvgIpc) is 2.50. The summed E-state index contributed by atoms with van der Waals surface area (Å²) in [5.41, 5.74) is 0. The first-order chi connectivity index (χ1) is 10.3. The van der Waals surface area contributed by atoms with Crippen molar-refractivity contribution < 1.29 is 14.3 Å². The van der Waals surface area contributed by atoms with Gasteiger partial charge in [-0.15, -0.1) is 0 Å². The fourth-order valence-corrected chi connectivity index (χ4v) is 2.35. The number of carbonyl (C=O) groups excluding carboxylic acids is 1. The summed E-state index contributed by atoms with van der Waals surface area (Å²) in [5, 5.41) is 0. The van der Waals surface area contributed by atoms with Crippen molar-refractivity contribution >= 4 is 5.97 Å². The summed E-state index contributed by atoms with van der Waals surface area (Å²) in [4.78, 5) is 10.8. The maximum atomic E-state index is 10.8. The molecule has 0 aromatic carbocycles. The van der Waals surface area contributed by atoms with E-state index in [-0.39, 0.29) is 5.97 Å². The molecule has 0 amide bonds. The van der Waals surface area contributed by atoms with E-state index in [1.54, 1.807) is 7.11 Å². The van der Waals surface area contributed by atoms with Crippen LogP contribution in [0.5, 0.6) is 0 Å². The molecule has 0 spiro atoms. The molecule has 0 atom stereocenters. The van der Waals surface area contributed by atoms with Gasteiger partial charge in [0.25, 0.3) is 0 Å². The third-order valence-corrected chi connectivity index (χ3v) is 3.65. The molecular formula is C18H34O3. The number of unbranched alkanes of at least 4 members (excludes halogenated alkanes) is 11. The summed E-state index contributed by atoms with van der Waals surface area (Å²) >= 11 is 0. The molecule has 0 heterocycles. The van der Waals surface area contributed by atoms with Gasteiger partial charge in [0.2, 0.25) is 0 Å². The Morgan fingerprint density at radius 3 is 1.52 bits per heavy atom. The van der Waals surface area contributed by atoms with Gasteiger partial charge >= 0.3 is 5.97 Å². The Balaban J connectivity index is 2.99. The normalized spacial score (nSPS) is 10.5. The van der Waals surface area contributed by atoms with E-state index in [0.717, 1.165) is 19.4 Å². The van der Waals surface area contributed by atoms with Crippen molar-refractivity contribution in [2.24, 2.45) is 0 Å². The van der Waals surface area contributed by atoms with Crippen molar-refractivity contribution in [2.75, 3.05) is 20.3 Å². The Hall–Kier alpha value is -0.830. The summed E-state index contributed by atoms with van der Waals surface area (Å²) in [6.07, 6.45) is 16.6. The zero-order valence-electron chi connectivity index (χ0n) is 13.9. The zero-order valence-corrected chi connectivity index (χ0v) is 13.9. The first-order valence-corrected chi connectivity index (χ1v) is 8.59. The van der Waals surface area contributed by atoms with E-state index < -0.39 is 0 Å². The number of esters is 1. The van der Waals surface area contributed by atoms with E-state index in [1.165, 1.54) is 70.3 Å². The van der Waals surface area contributed by atoms with Crippen LogP contribution in [0.15, 0.2) is 12.7 Å². The fraction of sp³-hybridized carbons (Fsp3) is 0.833. The van der Waals surface area contributed by atoms with Gasteiger partial charge in [0.15, 0.2) is 0 Å². The first-order valence-electron chi connectivity index (χ1n) is 8.59. The SMILES string of the molecule is C=CC(=O)OCCCCCCCCCCCCCCOC. The van der Waals surface area contributed by atoms with Crippen molar-refractivity contribution in [3.8, 4) is 0 Å². The van der Waals surface area contributed by atoms with Crippen LogP contribution >= 0.6 is 0 Å². The minimum Gasteiger partial charge on any atom is -0.463 e. The lowest BCUT2D eigenvalue weighted by atomic mass is 10.1. The largest absolute Gasteiger partial charge is 0.463 e. The molecule has 0 aromatic rings. The van der Waals surface area contributed by atoms with Crippen LogP contribution in [-0.2, 0) is 14.3 Å². The standard InChI is InChI=1S/C18H34O3/c1-3-18(19)21-17-15-13-11-9-7-5-4-6-8-10-12-14-16-20-2/h3H,1,4-17H2,2H3. The van der Waals surface area contributed by atoms with Crippen LogP contribution in [0.3, 0.4) is 0 Å². The molecule has 0 rings (SSSR count). The van der Waals surface area contributed by atoms with E-state index in [9.17, 15) is 4.79 Å². The first kappa shape index (κ1) is 20.2. The zero-order chi connectivity index (χ0) is 15.6. The van der Waals surface area contributed by atoms with E-state index in [2.05, 4.69) is 6.58 Å². The van der Waals surface area contributed by atoms with Crippen molar-refractivity contribution in [3.05, 3.63) is 12.7 Å². The van der Waals surface area contributed by atoms with Gasteiger partial charge in [-0.1, -0.05) is 70.8 Å². The lowest BCUT2D eigenvalue weighted by Gasteiger charge is -2.03. The highest BCUT2D eigenvalue weighted by Gasteiger charge is 1.96. The average molecular weight is 298 g/mol. The molecule has 0 saturated heterocycles. The van der Waals surface area contributed by atoms with Gasteiger partial charge in [0.1, 0.15) is 0 Å². The van der Waals surface area contributed by atoms with Gasteiger partial charge < -0.3 is 9.47 Å². The molecule has 0 aromatic heterocycles. The van der Waals surface area contributed by atoms with Crippen LogP contribution in [-0.4, -0.2) is 26.3 Å². The molecule has 3 nitrogen and oxygen atoms in total. The van der Waals surface area contributed by atoms with Gasteiger partial charge in [0, 0.05) is 19.8 Å². The lowest BCUT2D eigenvalue weighted by molar-refractivity contribution is -0.137. The van der Waals surface area contributed by atoms with Crippen LogP contribution in [0, 0.1) is 0 Å². The van der Waals surface area contributed by atoms with Crippen molar-refractivity contribution in [1.29, 1.82) is 0 Å². The summed E-state index contributed by atoms with van der Waals surface area (Å²) < 4.78 is 9.97. The van der Waals surface area contributed by atoms with Crippen molar-refractivity contribution in [2.45, 2.75) is 77.0 Å². The number of ether oxygens (including phenoxy) is 2. The Morgan fingerprint density at radius 1 is 0.762 bits per heavy atom. The fourth-order valence-electron chi connectivity index (χ4n) is 2.35. The minimum atomic E-state index is -0.308. The summed E-state index contributed by atoms with van der Waals surface area (Å²) in [6.45, 7) is 4.81. The third kappa shape index (κ3) is 17.1. The van der Waals surface area contributed by atoms with E-state index >= 15 is 0 Å². The monoisotopic (exact) mass is 298 g/mol. The number of methoxy groups -OCH3 is 1. The molecule has 0 aliphatic rings. The molecule has 0 aliphatic heterocycles. The quantitative estimate of drug-likeness (QED) is 0.227. The van der Waals surface area contributed by atoms with Gasteiger partial charge in [-0.25, -0.2) is 4.79 Å². The maximum Gasteiger partial charge on any atom is 0.330 e. The lowest BCUT2D eigenvalue weighted by Crippen LogP contribution is -2.01. The maximum absolute atomic E-state index is 10.8. The second kappa shape index (κ2) is 17.2. The second-order valence-electron chi connectivity index (χ2n) is 5.61. The third-order valence-electron chi connectivity index (χ3n) is 3.65. The Labute approximate surface area is 131 Å². The number of carbonyl (C=O) groups is 1. The predicted molar refractivity (Wildman–Crippen MR) is 88.4 cm³/mol. The molecule has 0 bridgehead atoms. The smallest absolute Gasteiger partial charge is 0.330 e. The molecule has 0 aliphatic carbocycles. The molecule has 21 heavy (non-hydrogen) atoms. The number of hydrogen-bond acceptors (Lipinski definition) is 3. The summed E-state index contributed by atoms with van der Waals surface area (Å²) in [6, 6.07) is 0. The molecule has 0 N–H and O–H groups in total. The highest BCUT2D eigenvalue weighted by atomic mass is 16.5. The predicted octanol–water partition coefficient (Wildman–Crippen LogP) is 5.04. The van der Waals surface area contributed by atoms with E-state index in [1.807, 2.05) is 0 Å². The Kier molecular flexibility index (Phi) is 16.5. The van der Waals surface area contributed by atoms with E-state index in [4.69, 9.17) is 9.47 Å². The van der Waals surface area contributed by atoms with Crippen molar-refractivity contribution in [1.82, 2.24) is 0 Å². The molecule has 0 radical (unpaired) electrons. The van der Waals surface area contributed by atoms with Gasteiger partial charge in [0.05, 0.1) is 6.61 Å². The van der Waals surface area contributed by atoms with E-state index in [0.29, 0.717) is 6.61 Å². The minimum absolute atomic E-state index is 0.308. The van der Waals surface area contributed by atoms with Gasteiger partial charge in [-0.3, -0.25) is 0 Å². The van der Waals surface area contributed by atoms with Crippen LogP contribution in [0.1, 0.15) is 77.0 Å². The Bertz CT molecular complexity index is 239. The van der Waals surface area contributed by atoms with Crippen LogP contribution < -0.4 is 0 Å². The molecular weight excluding hydrogens is 264 g/mol. The molecule has 124 valence electrons. The molecule has 0 saturated carbocycles.